The number of hydrogen-bond donors (Lipinski definition) is 0. The molecule has 0 N–H and O–H groups in total. The van der Waals surface area contributed by atoms with Crippen molar-refractivity contribution >= 4 is 0 Å². The Morgan fingerprint density at radius 1 is 0.692 bits per heavy atom. The first-order chi connectivity index (χ1) is 6.25. The van der Waals surface area contributed by atoms with E-state index >= 15 is 0 Å². The van der Waals surface area contributed by atoms with Crippen LogP contribution in [0.2, 0.25) is 0 Å². The van der Waals surface area contributed by atoms with Gasteiger partial charge >= 0.3 is 0 Å². The molecule has 6 unspecified atom stereocenters. The van der Waals surface area contributed by atoms with Gasteiger partial charge in [-0.2, -0.15) is 0 Å². The molecule has 0 aromatic rings. The lowest BCUT2D eigenvalue weighted by Gasteiger charge is -2.41. The van der Waals surface area contributed by atoms with Crippen molar-refractivity contribution in [2.75, 3.05) is 0 Å². The highest BCUT2D eigenvalue weighted by Crippen LogP contribution is 2.59. The molecule has 0 aliphatic heterocycles. The fourth-order valence-corrected chi connectivity index (χ4v) is 4.59. The summed E-state index contributed by atoms with van der Waals surface area (Å²) in [5.74, 6) is 6.66. The van der Waals surface area contributed by atoms with Gasteiger partial charge in [-0.25, -0.2) is 0 Å². The van der Waals surface area contributed by atoms with E-state index in [9.17, 15) is 0 Å². The van der Waals surface area contributed by atoms with Crippen molar-refractivity contribution in [2.45, 2.75) is 46.0 Å². The highest BCUT2D eigenvalue weighted by Gasteiger charge is 2.50. The molecule has 0 aromatic carbocycles. The Hall–Kier alpha value is 0. The minimum atomic E-state index is 1.01. The number of rotatable bonds is 0. The van der Waals surface area contributed by atoms with Gasteiger partial charge in [0.2, 0.25) is 0 Å². The molecule has 3 aliphatic rings. The first-order valence-corrected chi connectivity index (χ1v) is 6.25. The molecule has 0 spiro atoms. The van der Waals surface area contributed by atoms with Crippen LogP contribution in [0, 0.1) is 35.5 Å². The summed E-state index contributed by atoms with van der Waals surface area (Å²) in [6.07, 6.45) is 7.88. The van der Waals surface area contributed by atoms with Gasteiger partial charge in [-0.15, -0.1) is 0 Å². The summed E-state index contributed by atoms with van der Waals surface area (Å²) >= 11 is 0. The third-order valence-electron chi connectivity index (χ3n) is 5.53. The molecule has 6 atom stereocenters. The molecule has 2 bridgehead atoms. The van der Waals surface area contributed by atoms with Crippen LogP contribution in [0.5, 0.6) is 0 Å². The summed E-state index contributed by atoms with van der Waals surface area (Å²) in [7, 11) is 0. The van der Waals surface area contributed by atoms with Crippen LogP contribution in [0.4, 0.5) is 0 Å². The first kappa shape index (κ1) is 8.32. The van der Waals surface area contributed by atoms with Crippen molar-refractivity contribution < 1.29 is 0 Å². The predicted octanol–water partition coefficient (Wildman–Crippen LogP) is 3.71. The summed E-state index contributed by atoms with van der Waals surface area (Å²) in [4.78, 5) is 0. The zero-order chi connectivity index (χ0) is 9.00. The van der Waals surface area contributed by atoms with Crippen LogP contribution in [-0.4, -0.2) is 0 Å². The second-order valence-corrected chi connectivity index (χ2v) is 6.09. The maximum absolute atomic E-state index is 2.48. The largest absolute Gasteiger partial charge is 0.0622 e. The Morgan fingerprint density at radius 3 is 1.62 bits per heavy atom. The molecule has 0 heteroatoms. The van der Waals surface area contributed by atoms with Crippen LogP contribution in [0.3, 0.4) is 0 Å². The SMILES string of the molecule is CC1CC2C3CCC(C3)C2CC1C. The third kappa shape index (κ3) is 1.10. The van der Waals surface area contributed by atoms with Crippen molar-refractivity contribution in [1.82, 2.24) is 0 Å². The lowest BCUT2D eigenvalue weighted by molar-refractivity contribution is 0.0854. The van der Waals surface area contributed by atoms with E-state index in [2.05, 4.69) is 13.8 Å². The summed E-state index contributed by atoms with van der Waals surface area (Å²) < 4.78 is 0. The van der Waals surface area contributed by atoms with Crippen molar-refractivity contribution in [3.05, 3.63) is 0 Å². The van der Waals surface area contributed by atoms with Gasteiger partial charge in [0.05, 0.1) is 0 Å². The van der Waals surface area contributed by atoms with E-state index < -0.39 is 0 Å². The molecule has 13 heavy (non-hydrogen) atoms. The molecule has 0 amide bonds. The van der Waals surface area contributed by atoms with Gasteiger partial charge in [0.25, 0.3) is 0 Å². The Bertz CT molecular complexity index is 186. The van der Waals surface area contributed by atoms with E-state index in [4.69, 9.17) is 0 Å². The average Bonchev–Trinajstić information content (AvgIpc) is 2.67. The normalized spacial score (nSPS) is 59.5. The standard InChI is InChI=1S/C13H22/c1-8-5-12-10-3-4-11(7-10)13(12)6-9(8)2/h8-13H,3-7H2,1-2H3. The second kappa shape index (κ2) is 2.74. The first-order valence-electron chi connectivity index (χ1n) is 6.25. The summed E-state index contributed by atoms with van der Waals surface area (Å²) in [6, 6.07) is 0. The van der Waals surface area contributed by atoms with Crippen molar-refractivity contribution in [1.29, 1.82) is 0 Å². The summed E-state index contributed by atoms with van der Waals surface area (Å²) in [5, 5.41) is 0. The minimum Gasteiger partial charge on any atom is -0.0622 e. The predicted molar refractivity (Wildman–Crippen MR) is 55.4 cm³/mol. The van der Waals surface area contributed by atoms with E-state index in [0.29, 0.717) is 0 Å². The minimum absolute atomic E-state index is 1.01. The van der Waals surface area contributed by atoms with Crippen LogP contribution in [0.15, 0.2) is 0 Å². The lowest BCUT2D eigenvalue weighted by Crippen LogP contribution is -2.33. The van der Waals surface area contributed by atoms with E-state index in [-0.39, 0.29) is 0 Å². The maximum Gasteiger partial charge on any atom is -0.0352 e. The Balaban J connectivity index is 1.81. The van der Waals surface area contributed by atoms with Crippen LogP contribution in [-0.2, 0) is 0 Å². The molecule has 3 saturated carbocycles. The molecule has 0 nitrogen and oxygen atoms in total. The van der Waals surface area contributed by atoms with Crippen LogP contribution in [0.25, 0.3) is 0 Å². The number of fused-ring (bicyclic) bond motifs is 5. The van der Waals surface area contributed by atoms with Gasteiger partial charge in [0.15, 0.2) is 0 Å². The summed E-state index contributed by atoms with van der Waals surface area (Å²) in [5.41, 5.74) is 0. The topological polar surface area (TPSA) is 0 Å². The van der Waals surface area contributed by atoms with Gasteiger partial charge in [-0.05, 0) is 67.6 Å². The molecule has 3 aliphatic carbocycles. The van der Waals surface area contributed by atoms with Crippen molar-refractivity contribution in [2.24, 2.45) is 35.5 Å². The average molecular weight is 178 g/mol. The van der Waals surface area contributed by atoms with Crippen LogP contribution >= 0.6 is 0 Å². The van der Waals surface area contributed by atoms with E-state index in [0.717, 1.165) is 35.5 Å². The maximum atomic E-state index is 2.48. The molecule has 3 fully saturated rings. The Kier molecular flexibility index (Phi) is 1.76. The monoisotopic (exact) mass is 178 g/mol. The van der Waals surface area contributed by atoms with Crippen LogP contribution < -0.4 is 0 Å². The lowest BCUT2D eigenvalue weighted by atomic mass is 9.64. The van der Waals surface area contributed by atoms with Crippen molar-refractivity contribution in [3.8, 4) is 0 Å². The highest BCUT2D eigenvalue weighted by atomic mass is 14.5. The zero-order valence-electron chi connectivity index (χ0n) is 9.00. The van der Waals surface area contributed by atoms with Gasteiger partial charge in [0.1, 0.15) is 0 Å². The molecule has 0 aromatic heterocycles. The molecule has 0 radical (unpaired) electrons. The van der Waals surface area contributed by atoms with E-state index in [1.807, 2.05) is 0 Å². The fraction of sp³-hybridized carbons (Fsp3) is 1.00. The molecular weight excluding hydrogens is 156 g/mol. The van der Waals surface area contributed by atoms with E-state index in [1.165, 1.54) is 0 Å². The third-order valence-corrected chi connectivity index (χ3v) is 5.53. The van der Waals surface area contributed by atoms with Gasteiger partial charge < -0.3 is 0 Å². The number of hydrogen-bond acceptors (Lipinski definition) is 0. The van der Waals surface area contributed by atoms with E-state index in [1.54, 1.807) is 32.1 Å². The Morgan fingerprint density at radius 2 is 1.15 bits per heavy atom. The van der Waals surface area contributed by atoms with Crippen LogP contribution in [0.1, 0.15) is 46.0 Å². The van der Waals surface area contributed by atoms with Gasteiger partial charge in [0, 0.05) is 0 Å². The molecule has 0 heterocycles. The second-order valence-electron chi connectivity index (χ2n) is 6.09. The summed E-state index contributed by atoms with van der Waals surface area (Å²) in [6.45, 7) is 4.96. The highest BCUT2D eigenvalue weighted by molar-refractivity contribution is 4.99. The smallest absolute Gasteiger partial charge is 0.0352 e. The zero-order valence-corrected chi connectivity index (χ0v) is 9.00. The molecule has 3 rings (SSSR count). The molecule has 74 valence electrons. The molecule has 0 saturated heterocycles. The van der Waals surface area contributed by atoms with Gasteiger partial charge in [-0.1, -0.05) is 13.8 Å². The fourth-order valence-electron chi connectivity index (χ4n) is 4.59. The van der Waals surface area contributed by atoms with Crippen molar-refractivity contribution in [3.63, 3.8) is 0 Å². The van der Waals surface area contributed by atoms with Gasteiger partial charge in [-0.3, -0.25) is 0 Å². The Labute approximate surface area is 82.1 Å². The quantitative estimate of drug-likeness (QED) is 0.530. The molecular formula is C13H22.